The molecule has 5 rings (SSSR count). The highest BCUT2D eigenvalue weighted by atomic mass is 35.5. The third-order valence-electron chi connectivity index (χ3n) is 6.25. The van der Waals surface area contributed by atoms with Crippen molar-refractivity contribution in [2.24, 2.45) is 0 Å². The number of fused-ring (bicyclic) bond motifs is 2. The van der Waals surface area contributed by atoms with Crippen LogP contribution in [0.3, 0.4) is 0 Å². The van der Waals surface area contributed by atoms with Gasteiger partial charge in [0.25, 0.3) is 5.91 Å². The number of nitrogens with one attached hydrogen (secondary N) is 1. The number of aryl methyl sites for hydroxylation is 1. The summed E-state index contributed by atoms with van der Waals surface area (Å²) in [4.78, 5) is 32.7. The fourth-order valence-corrected chi connectivity index (χ4v) is 6.12. The number of carbonyl (C=O) groups is 2. The fraction of sp³-hybridized carbons (Fsp3) is 0.250. The monoisotopic (exact) mass is 504 g/mol. The third kappa shape index (κ3) is 4.44. The van der Waals surface area contributed by atoms with Gasteiger partial charge in [-0.15, -0.1) is 11.3 Å². The molecule has 178 valence electrons. The second-order valence-electron chi connectivity index (χ2n) is 8.64. The van der Waals surface area contributed by atoms with Crippen molar-refractivity contribution in [3.8, 4) is 11.3 Å². The van der Waals surface area contributed by atoms with Crippen LogP contribution in [0.5, 0.6) is 0 Å². The number of esters is 1. The van der Waals surface area contributed by atoms with E-state index in [-0.39, 0.29) is 11.9 Å². The van der Waals surface area contributed by atoms with Gasteiger partial charge in [-0.3, -0.25) is 4.79 Å². The second kappa shape index (κ2) is 9.80. The van der Waals surface area contributed by atoms with Gasteiger partial charge in [-0.25, -0.2) is 9.78 Å². The number of amides is 1. The third-order valence-corrected chi connectivity index (χ3v) is 7.69. The van der Waals surface area contributed by atoms with Gasteiger partial charge in [-0.2, -0.15) is 0 Å². The molecule has 4 aromatic rings. The first-order valence-electron chi connectivity index (χ1n) is 11.8. The summed E-state index contributed by atoms with van der Waals surface area (Å²) in [5.41, 5.74) is 5.07. The molecule has 1 aliphatic carbocycles. The largest absolute Gasteiger partial charge is 0.462 e. The topological polar surface area (TPSA) is 68.3 Å². The molecule has 0 atom stereocenters. The minimum atomic E-state index is -0.363. The maximum absolute atomic E-state index is 13.8. The molecule has 0 saturated heterocycles. The molecule has 35 heavy (non-hydrogen) atoms. The van der Waals surface area contributed by atoms with Gasteiger partial charge >= 0.3 is 5.97 Å². The lowest BCUT2D eigenvalue weighted by Gasteiger charge is -2.15. The van der Waals surface area contributed by atoms with Crippen molar-refractivity contribution in [3.63, 3.8) is 0 Å². The molecule has 0 fully saturated rings. The summed E-state index contributed by atoms with van der Waals surface area (Å²) in [5.74, 6) is -0.633. The summed E-state index contributed by atoms with van der Waals surface area (Å²) in [5, 5.41) is 4.98. The Balaban J connectivity index is 1.60. The lowest BCUT2D eigenvalue weighted by Crippen LogP contribution is -2.17. The van der Waals surface area contributed by atoms with E-state index in [9.17, 15) is 9.59 Å². The van der Waals surface area contributed by atoms with Crippen LogP contribution in [0.2, 0.25) is 5.02 Å². The highest BCUT2D eigenvalue weighted by molar-refractivity contribution is 7.17. The van der Waals surface area contributed by atoms with Crippen molar-refractivity contribution in [3.05, 3.63) is 80.7 Å². The Morgan fingerprint density at radius 2 is 1.94 bits per heavy atom. The van der Waals surface area contributed by atoms with E-state index in [4.69, 9.17) is 21.3 Å². The number of thiophene rings is 1. The van der Waals surface area contributed by atoms with Gasteiger partial charge in [-0.05, 0) is 61.9 Å². The normalized spacial score (nSPS) is 12.5. The van der Waals surface area contributed by atoms with Gasteiger partial charge in [-0.1, -0.05) is 48.9 Å². The first-order chi connectivity index (χ1) is 17.0. The molecule has 1 N–H and O–H groups in total. The SMILES string of the molecule is CCCOC(=O)c1c(NC(=O)c2c(C)c(-c3cccc(Cl)c3)nc3ccccc23)sc2c1CCC2. The Labute approximate surface area is 213 Å². The summed E-state index contributed by atoms with van der Waals surface area (Å²) in [7, 11) is 0. The summed E-state index contributed by atoms with van der Waals surface area (Å²) in [6.07, 6.45) is 3.50. The van der Waals surface area contributed by atoms with E-state index in [2.05, 4.69) is 5.32 Å². The van der Waals surface area contributed by atoms with Crippen LogP contribution in [0.25, 0.3) is 22.2 Å². The van der Waals surface area contributed by atoms with Gasteiger partial charge in [0.15, 0.2) is 0 Å². The molecule has 2 heterocycles. The second-order valence-corrected chi connectivity index (χ2v) is 10.2. The average molecular weight is 505 g/mol. The smallest absolute Gasteiger partial charge is 0.341 e. The van der Waals surface area contributed by atoms with Crippen molar-refractivity contribution in [2.45, 2.75) is 39.5 Å². The van der Waals surface area contributed by atoms with Crippen molar-refractivity contribution < 1.29 is 14.3 Å². The van der Waals surface area contributed by atoms with Gasteiger partial charge in [0.05, 0.1) is 28.9 Å². The zero-order chi connectivity index (χ0) is 24.5. The number of anilines is 1. The molecule has 5 nitrogen and oxygen atoms in total. The molecule has 7 heteroatoms. The molecule has 1 amide bonds. The highest BCUT2D eigenvalue weighted by Gasteiger charge is 2.29. The standard InChI is InChI=1S/C28H25ClN2O3S/c1-3-14-34-28(33)24-20-11-7-13-22(20)35-27(24)31-26(32)23-16(2)25(17-8-6-9-18(29)15-17)30-21-12-5-4-10-19(21)23/h4-6,8-10,12,15H,3,7,11,13-14H2,1-2H3,(H,31,32). The minimum Gasteiger partial charge on any atom is -0.462 e. The molecule has 2 aromatic carbocycles. The highest BCUT2D eigenvalue weighted by Crippen LogP contribution is 2.40. The molecule has 0 unspecified atom stereocenters. The Morgan fingerprint density at radius 3 is 2.74 bits per heavy atom. The number of rotatable bonds is 6. The Bertz CT molecular complexity index is 1460. The van der Waals surface area contributed by atoms with Crippen molar-refractivity contribution in [1.82, 2.24) is 4.98 Å². The minimum absolute atomic E-state index is 0.270. The molecule has 0 aliphatic heterocycles. The maximum Gasteiger partial charge on any atom is 0.341 e. The Hall–Kier alpha value is -3.22. The quantitative estimate of drug-likeness (QED) is 0.281. The van der Waals surface area contributed by atoms with Crippen molar-refractivity contribution >= 4 is 50.7 Å². The Morgan fingerprint density at radius 1 is 1.11 bits per heavy atom. The predicted molar refractivity (Wildman–Crippen MR) is 142 cm³/mol. The zero-order valence-corrected chi connectivity index (χ0v) is 21.2. The number of carbonyl (C=O) groups excluding carboxylic acids is 2. The van der Waals surface area contributed by atoms with Crippen LogP contribution in [0, 0.1) is 6.92 Å². The van der Waals surface area contributed by atoms with Crippen molar-refractivity contribution in [2.75, 3.05) is 11.9 Å². The summed E-state index contributed by atoms with van der Waals surface area (Å²) in [6, 6.07) is 15.1. The van der Waals surface area contributed by atoms with E-state index >= 15 is 0 Å². The maximum atomic E-state index is 13.8. The summed E-state index contributed by atoms with van der Waals surface area (Å²) < 4.78 is 5.46. The fourth-order valence-electron chi connectivity index (χ4n) is 4.66. The van der Waals surface area contributed by atoms with Crippen LogP contribution in [0.1, 0.15) is 56.5 Å². The van der Waals surface area contributed by atoms with E-state index in [1.54, 1.807) is 0 Å². The van der Waals surface area contributed by atoms with Gasteiger partial charge in [0, 0.05) is 20.8 Å². The molecule has 0 saturated carbocycles. The molecule has 0 radical (unpaired) electrons. The number of nitrogens with zero attached hydrogens (tertiary/aromatic N) is 1. The zero-order valence-electron chi connectivity index (χ0n) is 19.6. The number of halogens is 1. The van der Waals surface area contributed by atoms with Crippen LogP contribution >= 0.6 is 22.9 Å². The van der Waals surface area contributed by atoms with E-state index in [0.29, 0.717) is 33.5 Å². The van der Waals surface area contributed by atoms with Crippen LogP contribution in [-0.2, 0) is 17.6 Å². The number of para-hydroxylation sites is 1. The molecule has 2 aromatic heterocycles. The molecular weight excluding hydrogens is 480 g/mol. The van der Waals surface area contributed by atoms with E-state index < -0.39 is 0 Å². The number of aromatic nitrogens is 1. The average Bonchev–Trinajstić information content (AvgIpc) is 3.43. The van der Waals surface area contributed by atoms with Gasteiger partial charge in [0.1, 0.15) is 5.00 Å². The Kier molecular flexibility index (Phi) is 6.58. The first-order valence-corrected chi connectivity index (χ1v) is 13.0. The lowest BCUT2D eigenvalue weighted by atomic mass is 9.97. The van der Waals surface area contributed by atoms with Crippen LogP contribution in [-0.4, -0.2) is 23.5 Å². The van der Waals surface area contributed by atoms with Crippen LogP contribution in [0.15, 0.2) is 48.5 Å². The molecule has 1 aliphatic rings. The van der Waals surface area contributed by atoms with Crippen LogP contribution in [0.4, 0.5) is 5.00 Å². The van der Waals surface area contributed by atoms with E-state index in [1.807, 2.05) is 62.4 Å². The number of hydrogen-bond acceptors (Lipinski definition) is 5. The predicted octanol–water partition coefficient (Wildman–Crippen LogP) is 7.23. The summed E-state index contributed by atoms with van der Waals surface area (Å²) in [6.45, 7) is 4.21. The molecular formula is C28H25ClN2O3S. The van der Waals surface area contributed by atoms with Gasteiger partial charge < -0.3 is 10.1 Å². The van der Waals surface area contributed by atoms with Crippen molar-refractivity contribution in [1.29, 1.82) is 0 Å². The number of benzene rings is 2. The van der Waals surface area contributed by atoms with Crippen LogP contribution < -0.4 is 5.32 Å². The van der Waals surface area contributed by atoms with E-state index in [1.165, 1.54) is 11.3 Å². The number of hydrogen-bond donors (Lipinski definition) is 1. The lowest BCUT2D eigenvalue weighted by molar-refractivity contribution is 0.0505. The first kappa shape index (κ1) is 23.5. The van der Waals surface area contributed by atoms with E-state index in [0.717, 1.165) is 58.2 Å². The molecule has 0 bridgehead atoms. The van der Waals surface area contributed by atoms with Gasteiger partial charge in [0.2, 0.25) is 0 Å². The molecule has 0 spiro atoms. The number of pyridine rings is 1. The summed E-state index contributed by atoms with van der Waals surface area (Å²) >= 11 is 7.73. The number of ether oxygens (including phenoxy) is 1.